The lowest BCUT2D eigenvalue weighted by Crippen LogP contribution is -2.28. The van der Waals surface area contributed by atoms with Crippen LogP contribution in [0.4, 0.5) is 14.9 Å². The Kier molecular flexibility index (Phi) is 4.31. The normalized spacial score (nSPS) is 10.1. The van der Waals surface area contributed by atoms with Gasteiger partial charge in [-0.05, 0) is 40.6 Å². The van der Waals surface area contributed by atoms with Crippen molar-refractivity contribution in [2.75, 3.05) is 5.32 Å². The monoisotopic (exact) mass is 294 g/mol. The number of hydrogen-bond acceptors (Lipinski definition) is 3. The van der Waals surface area contributed by atoms with Crippen molar-refractivity contribution in [2.24, 2.45) is 0 Å². The maximum Gasteiger partial charge on any atom is 0.338 e. The molecule has 0 aliphatic rings. The van der Waals surface area contributed by atoms with Crippen LogP contribution in [-0.2, 0) is 6.54 Å². The van der Waals surface area contributed by atoms with Crippen molar-refractivity contribution in [1.82, 2.24) is 5.32 Å². The summed E-state index contributed by atoms with van der Waals surface area (Å²) in [6.07, 6.45) is 0. The first-order valence-corrected chi connectivity index (χ1v) is 6.59. The van der Waals surface area contributed by atoms with Crippen LogP contribution in [-0.4, -0.2) is 17.1 Å². The van der Waals surface area contributed by atoms with Gasteiger partial charge in [-0.3, -0.25) is 0 Å². The Morgan fingerprint density at radius 1 is 1.30 bits per heavy atom. The Bertz CT molecular complexity index is 629. The molecule has 0 aliphatic heterocycles. The topological polar surface area (TPSA) is 78.4 Å². The molecule has 0 aliphatic carbocycles. The summed E-state index contributed by atoms with van der Waals surface area (Å²) in [7, 11) is 0. The van der Waals surface area contributed by atoms with E-state index in [9.17, 15) is 14.0 Å². The van der Waals surface area contributed by atoms with E-state index < -0.39 is 23.4 Å². The molecule has 0 spiro atoms. The van der Waals surface area contributed by atoms with E-state index in [4.69, 9.17) is 5.11 Å². The lowest BCUT2D eigenvalue weighted by molar-refractivity contribution is 0.0692. The van der Waals surface area contributed by atoms with E-state index in [1.54, 1.807) is 0 Å². The van der Waals surface area contributed by atoms with Crippen molar-refractivity contribution in [3.63, 3.8) is 0 Å². The average molecular weight is 294 g/mol. The van der Waals surface area contributed by atoms with E-state index in [1.165, 1.54) is 17.4 Å². The molecule has 0 fully saturated rings. The van der Waals surface area contributed by atoms with Crippen LogP contribution in [0.15, 0.2) is 35.0 Å². The summed E-state index contributed by atoms with van der Waals surface area (Å²) in [6.45, 7) is 0.366. The summed E-state index contributed by atoms with van der Waals surface area (Å²) in [4.78, 5) is 22.2. The SMILES string of the molecule is O=C(NCc1ccsc1)Nc1ccc(C(=O)O)c(F)c1. The zero-order valence-corrected chi connectivity index (χ0v) is 11.0. The van der Waals surface area contributed by atoms with E-state index in [1.807, 2.05) is 16.8 Å². The van der Waals surface area contributed by atoms with E-state index in [-0.39, 0.29) is 5.69 Å². The molecule has 7 heteroatoms. The lowest BCUT2D eigenvalue weighted by Gasteiger charge is -2.07. The minimum Gasteiger partial charge on any atom is -0.478 e. The molecule has 2 amide bonds. The first-order valence-electron chi connectivity index (χ1n) is 5.65. The summed E-state index contributed by atoms with van der Waals surface area (Å²) in [5.41, 5.74) is 0.724. The highest BCUT2D eigenvalue weighted by Crippen LogP contribution is 2.14. The highest BCUT2D eigenvalue weighted by Gasteiger charge is 2.11. The highest BCUT2D eigenvalue weighted by molar-refractivity contribution is 7.07. The first-order chi connectivity index (χ1) is 9.56. The van der Waals surface area contributed by atoms with Gasteiger partial charge in [0.05, 0.1) is 5.56 Å². The molecule has 1 aromatic heterocycles. The second-order valence-electron chi connectivity index (χ2n) is 3.94. The number of aromatic carboxylic acids is 1. The number of halogens is 1. The minimum atomic E-state index is -1.35. The fourth-order valence-corrected chi connectivity index (χ4v) is 2.19. The zero-order chi connectivity index (χ0) is 14.5. The molecule has 2 rings (SSSR count). The zero-order valence-electron chi connectivity index (χ0n) is 10.2. The Labute approximate surface area is 118 Å². The number of hydrogen-bond donors (Lipinski definition) is 3. The van der Waals surface area contributed by atoms with Crippen molar-refractivity contribution < 1.29 is 19.1 Å². The second-order valence-corrected chi connectivity index (χ2v) is 4.72. The Balaban J connectivity index is 1.94. The second kappa shape index (κ2) is 6.16. The quantitative estimate of drug-likeness (QED) is 0.811. The highest BCUT2D eigenvalue weighted by atomic mass is 32.1. The molecule has 0 radical (unpaired) electrons. The van der Waals surface area contributed by atoms with Gasteiger partial charge in [0.15, 0.2) is 0 Å². The van der Waals surface area contributed by atoms with Gasteiger partial charge in [-0.15, -0.1) is 0 Å². The van der Waals surface area contributed by atoms with Gasteiger partial charge in [0, 0.05) is 12.2 Å². The average Bonchev–Trinajstić information content (AvgIpc) is 2.89. The van der Waals surface area contributed by atoms with Crippen molar-refractivity contribution in [3.8, 4) is 0 Å². The summed E-state index contributed by atoms with van der Waals surface area (Å²) in [5, 5.41) is 17.5. The number of thiophene rings is 1. The van der Waals surface area contributed by atoms with Crippen molar-refractivity contribution in [3.05, 3.63) is 52.0 Å². The third-order valence-corrected chi connectivity index (χ3v) is 3.22. The van der Waals surface area contributed by atoms with Crippen molar-refractivity contribution in [2.45, 2.75) is 6.54 Å². The van der Waals surface area contributed by atoms with Gasteiger partial charge in [-0.2, -0.15) is 11.3 Å². The molecular weight excluding hydrogens is 283 g/mol. The summed E-state index contributed by atoms with van der Waals surface area (Å²) in [6, 6.07) is 4.79. The largest absolute Gasteiger partial charge is 0.478 e. The first kappa shape index (κ1) is 14.0. The van der Waals surface area contributed by atoms with Crippen LogP contribution in [0.1, 0.15) is 15.9 Å². The lowest BCUT2D eigenvalue weighted by atomic mass is 10.2. The molecule has 0 saturated carbocycles. The molecule has 3 N–H and O–H groups in total. The molecule has 0 saturated heterocycles. The van der Waals surface area contributed by atoms with Crippen LogP contribution >= 0.6 is 11.3 Å². The molecule has 5 nitrogen and oxygen atoms in total. The van der Waals surface area contributed by atoms with Crippen LogP contribution < -0.4 is 10.6 Å². The number of benzene rings is 1. The Morgan fingerprint density at radius 3 is 2.70 bits per heavy atom. The van der Waals surface area contributed by atoms with Crippen LogP contribution in [0.2, 0.25) is 0 Å². The molecule has 1 aromatic carbocycles. The summed E-state index contributed by atoms with van der Waals surface area (Å²) >= 11 is 1.52. The van der Waals surface area contributed by atoms with E-state index >= 15 is 0 Å². The van der Waals surface area contributed by atoms with Gasteiger partial charge in [-0.1, -0.05) is 0 Å². The summed E-state index contributed by atoms with van der Waals surface area (Å²) < 4.78 is 13.4. The maximum atomic E-state index is 13.4. The van der Waals surface area contributed by atoms with Crippen LogP contribution in [0.3, 0.4) is 0 Å². The maximum absolute atomic E-state index is 13.4. The Hall–Kier alpha value is -2.41. The molecule has 0 bridgehead atoms. The smallest absolute Gasteiger partial charge is 0.338 e. The third kappa shape index (κ3) is 3.55. The van der Waals surface area contributed by atoms with Gasteiger partial charge < -0.3 is 15.7 Å². The predicted octanol–water partition coefficient (Wildman–Crippen LogP) is 2.91. The standard InChI is InChI=1S/C13H11FN2O3S/c14-11-5-9(1-2-10(11)12(17)18)16-13(19)15-6-8-3-4-20-7-8/h1-5,7H,6H2,(H,17,18)(H2,15,16,19). The van der Waals surface area contributed by atoms with Gasteiger partial charge >= 0.3 is 12.0 Å². The predicted molar refractivity (Wildman–Crippen MR) is 73.5 cm³/mol. The molecular formula is C13H11FN2O3S. The molecule has 0 atom stereocenters. The fourth-order valence-electron chi connectivity index (χ4n) is 1.52. The molecule has 20 heavy (non-hydrogen) atoms. The van der Waals surface area contributed by atoms with Crippen LogP contribution in [0.25, 0.3) is 0 Å². The van der Waals surface area contributed by atoms with Gasteiger partial charge in [0.25, 0.3) is 0 Å². The van der Waals surface area contributed by atoms with E-state index in [0.29, 0.717) is 6.54 Å². The number of urea groups is 1. The molecule has 0 unspecified atom stereocenters. The molecule has 104 valence electrons. The van der Waals surface area contributed by atoms with Gasteiger partial charge in [-0.25, -0.2) is 14.0 Å². The van der Waals surface area contributed by atoms with Crippen LogP contribution in [0, 0.1) is 5.82 Å². The van der Waals surface area contributed by atoms with Gasteiger partial charge in [0.1, 0.15) is 5.82 Å². The number of carbonyl (C=O) groups excluding carboxylic acids is 1. The molecule has 1 heterocycles. The van der Waals surface area contributed by atoms with Gasteiger partial charge in [0.2, 0.25) is 0 Å². The third-order valence-electron chi connectivity index (χ3n) is 2.49. The van der Waals surface area contributed by atoms with E-state index in [2.05, 4.69) is 10.6 Å². The van der Waals surface area contributed by atoms with Crippen molar-refractivity contribution >= 4 is 29.0 Å². The number of anilines is 1. The number of carboxylic acid groups (broad SMARTS) is 1. The number of nitrogens with one attached hydrogen (secondary N) is 2. The number of carboxylic acids is 1. The minimum absolute atomic E-state index is 0.190. The Morgan fingerprint density at radius 2 is 2.10 bits per heavy atom. The van der Waals surface area contributed by atoms with Crippen LogP contribution in [0.5, 0.6) is 0 Å². The van der Waals surface area contributed by atoms with E-state index in [0.717, 1.165) is 17.7 Å². The van der Waals surface area contributed by atoms with Crippen molar-refractivity contribution in [1.29, 1.82) is 0 Å². The number of carbonyl (C=O) groups is 2. The summed E-state index contributed by atoms with van der Waals surface area (Å²) in [5.74, 6) is -2.25. The number of amides is 2. The molecule has 2 aromatic rings. The number of rotatable bonds is 4. The fraction of sp³-hybridized carbons (Fsp3) is 0.0769.